The van der Waals surface area contributed by atoms with E-state index >= 15 is 0 Å². The third kappa shape index (κ3) is 2.26. The predicted octanol–water partition coefficient (Wildman–Crippen LogP) is 1.69. The van der Waals surface area contributed by atoms with Crippen LogP contribution in [-0.4, -0.2) is 25.2 Å². The lowest BCUT2D eigenvalue weighted by molar-refractivity contribution is 0.0954. The van der Waals surface area contributed by atoms with Gasteiger partial charge >= 0.3 is 0 Å². The minimum atomic E-state index is -3.40. The SMILES string of the molecule is CC(C)(C(=O)c1ccccc1)S(C)(=O)=O. The fourth-order valence-corrected chi connectivity index (χ4v) is 1.56. The van der Waals surface area contributed by atoms with Gasteiger partial charge in [0.05, 0.1) is 0 Å². The molecule has 1 aromatic carbocycles. The lowest BCUT2D eigenvalue weighted by Gasteiger charge is -2.20. The minimum Gasteiger partial charge on any atom is -0.292 e. The number of ketones is 1. The van der Waals surface area contributed by atoms with Crippen molar-refractivity contribution in [1.29, 1.82) is 0 Å². The highest BCUT2D eigenvalue weighted by Gasteiger charge is 2.38. The van der Waals surface area contributed by atoms with Crippen molar-refractivity contribution >= 4 is 15.6 Å². The second-order valence-electron chi connectivity index (χ2n) is 3.98. The Morgan fingerprint density at radius 1 is 1.13 bits per heavy atom. The number of sulfone groups is 1. The van der Waals surface area contributed by atoms with Gasteiger partial charge in [0.2, 0.25) is 0 Å². The number of benzene rings is 1. The molecule has 0 spiro atoms. The summed E-state index contributed by atoms with van der Waals surface area (Å²) in [6.07, 6.45) is 1.08. The quantitative estimate of drug-likeness (QED) is 0.737. The van der Waals surface area contributed by atoms with Gasteiger partial charge in [-0.3, -0.25) is 4.79 Å². The van der Waals surface area contributed by atoms with E-state index in [1.54, 1.807) is 30.3 Å². The van der Waals surface area contributed by atoms with Gasteiger partial charge in [-0.1, -0.05) is 30.3 Å². The molecule has 0 aliphatic carbocycles. The number of rotatable bonds is 3. The number of carbonyl (C=O) groups is 1. The first-order chi connectivity index (χ1) is 6.77. The van der Waals surface area contributed by atoms with E-state index in [2.05, 4.69) is 0 Å². The zero-order valence-corrected chi connectivity index (χ0v) is 9.84. The number of hydrogen-bond donors (Lipinski definition) is 0. The van der Waals surface area contributed by atoms with Gasteiger partial charge in [-0.25, -0.2) is 8.42 Å². The third-order valence-corrected chi connectivity index (χ3v) is 4.55. The second kappa shape index (κ2) is 3.77. The van der Waals surface area contributed by atoms with Crippen LogP contribution in [0.25, 0.3) is 0 Å². The minimum absolute atomic E-state index is 0.370. The fourth-order valence-electron chi connectivity index (χ4n) is 1.11. The van der Waals surface area contributed by atoms with Crippen LogP contribution in [0.4, 0.5) is 0 Å². The van der Waals surface area contributed by atoms with Crippen LogP contribution in [0, 0.1) is 0 Å². The fraction of sp³-hybridized carbons (Fsp3) is 0.364. The summed E-state index contributed by atoms with van der Waals surface area (Å²) < 4.78 is 21.5. The molecule has 0 fully saturated rings. The molecule has 0 aliphatic rings. The van der Waals surface area contributed by atoms with Gasteiger partial charge < -0.3 is 0 Å². The normalized spacial score (nSPS) is 12.5. The predicted molar refractivity (Wildman–Crippen MR) is 59.7 cm³/mol. The van der Waals surface area contributed by atoms with E-state index in [0.717, 1.165) is 6.26 Å². The molecule has 4 heteroatoms. The van der Waals surface area contributed by atoms with E-state index in [0.29, 0.717) is 5.56 Å². The molecule has 15 heavy (non-hydrogen) atoms. The van der Waals surface area contributed by atoms with Crippen LogP contribution < -0.4 is 0 Å². The van der Waals surface area contributed by atoms with Gasteiger partial charge in [-0.05, 0) is 13.8 Å². The van der Waals surface area contributed by atoms with Gasteiger partial charge in [-0.15, -0.1) is 0 Å². The smallest absolute Gasteiger partial charge is 0.183 e. The first-order valence-electron chi connectivity index (χ1n) is 4.56. The van der Waals surface area contributed by atoms with Crippen molar-refractivity contribution in [3.05, 3.63) is 35.9 Å². The Bertz CT molecular complexity index is 458. The van der Waals surface area contributed by atoms with Crippen LogP contribution in [0.5, 0.6) is 0 Å². The summed E-state index contributed by atoms with van der Waals surface area (Å²) in [5.74, 6) is -0.370. The molecule has 0 saturated heterocycles. The van der Waals surface area contributed by atoms with Crippen molar-refractivity contribution in [2.45, 2.75) is 18.6 Å². The largest absolute Gasteiger partial charge is 0.292 e. The monoisotopic (exact) mass is 226 g/mol. The molecule has 0 N–H and O–H groups in total. The molecule has 0 amide bonds. The van der Waals surface area contributed by atoms with Crippen molar-refractivity contribution in [2.24, 2.45) is 0 Å². The van der Waals surface area contributed by atoms with Crippen molar-refractivity contribution < 1.29 is 13.2 Å². The molecule has 0 saturated carbocycles. The van der Waals surface area contributed by atoms with E-state index < -0.39 is 14.6 Å². The van der Waals surface area contributed by atoms with E-state index in [-0.39, 0.29) is 5.78 Å². The highest BCUT2D eigenvalue weighted by atomic mass is 32.2. The Morgan fingerprint density at radius 2 is 1.60 bits per heavy atom. The maximum atomic E-state index is 11.9. The molecule has 1 rings (SSSR count). The van der Waals surface area contributed by atoms with Crippen molar-refractivity contribution in [3.63, 3.8) is 0 Å². The van der Waals surface area contributed by atoms with Crippen LogP contribution in [0.15, 0.2) is 30.3 Å². The first kappa shape index (κ1) is 11.9. The highest BCUT2D eigenvalue weighted by molar-refractivity contribution is 7.92. The highest BCUT2D eigenvalue weighted by Crippen LogP contribution is 2.21. The van der Waals surface area contributed by atoms with Crippen LogP contribution in [0.1, 0.15) is 24.2 Å². The summed E-state index contributed by atoms with van der Waals surface area (Å²) >= 11 is 0. The standard InChI is InChI=1S/C11H14O3S/c1-11(2,15(3,13)14)10(12)9-7-5-4-6-8-9/h4-8H,1-3H3. The molecule has 0 atom stereocenters. The lowest BCUT2D eigenvalue weighted by atomic mass is 10.0. The zero-order valence-electron chi connectivity index (χ0n) is 9.02. The molecule has 0 unspecified atom stereocenters. The second-order valence-corrected chi connectivity index (χ2v) is 6.54. The van der Waals surface area contributed by atoms with E-state index in [4.69, 9.17) is 0 Å². The van der Waals surface area contributed by atoms with Crippen molar-refractivity contribution in [3.8, 4) is 0 Å². The number of Topliss-reactive ketones (excluding diaryl/α,β-unsaturated/α-hetero) is 1. The molecule has 0 radical (unpaired) electrons. The van der Waals surface area contributed by atoms with E-state index in [1.807, 2.05) is 0 Å². The van der Waals surface area contributed by atoms with Crippen molar-refractivity contribution in [2.75, 3.05) is 6.26 Å². The summed E-state index contributed by atoms with van der Waals surface area (Å²) in [7, 11) is -3.40. The topological polar surface area (TPSA) is 51.2 Å². The summed E-state index contributed by atoms with van der Waals surface area (Å²) in [4.78, 5) is 11.9. The summed E-state index contributed by atoms with van der Waals surface area (Å²) in [5.41, 5.74) is 0.424. The molecule has 0 heterocycles. The van der Waals surface area contributed by atoms with E-state index in [1.165, 1.54) is 13.8 Å². The summed E-state index contributed by atoms with van der Waals surface area (Å²) in [6.45, 7) is 2.86. The summed E-state index contributed by atoms with van der Waals surface area (Å²) in [5, 5.41) is 0. The Balaban J connectivity index is 3.17. The average molecular weight is 226 g/mol. The van der Waals surface area contributed by atoms with Crippen LogP contribution >= 0.6 is 0 Å². The number of hydrogen-bond acceptors (Lipinski definition) is 3. The van der Waals surface area contributed by atoms with E-state index in [9.17, 15) is 13.2 Å². The van der Waals surface area contributed by atoms with Crippen LogP contribution in [0.2, 0.25) is 0 Å². The number of carbonyl (C=O) groups excluding carboxylic acids is 1. The van der Waals surface area contributed by atoms with Crippen LogP contribution in [0.3, 0.4) is 0 Å². The maximum Gasteiger partial charge on any atom is 0.183 e. The molecule has 82 valence electrons. The molecular weight excluding hydrogens is 212 g/mol. The Hall–Kier alpha value is -1.16. The Labute approximate surface area is 90.0 Å². The van der Waals surface area contributed by atoms with Gasteiger partial charge in [0, 0.05) is 11.8 Å². The Morgan fingerprint density at radius 3 is 2.00 bits per heavy atom. The van der Waals surface area contributed by atoms with Gasteiger partial charge in [-0.2, -0.15) is 0 Å². The Kier molecular flexibility index (Phi) is 3.00. The molecule has 0 bridgehead atoms. The van der Waals surface area contributed by atoms with Crippen molar-refractivity contribution in [1.82, 2.24) is 0 Å². The van der Waals surface area contributed by atoms with Crippen LogP contribution in [-0.2, 0) is 9.84 Å². The lowest BCUT2D eigenvalue weighted by Crippen LogP contribution is -2.39. The molecule has 0 aromatic heterocycles. The zero-order chi connectivity index (χ0) is 11.7. The molecule has 1 aromatic rings. The average Bonchev–Trinajstić information content (AvgIpc) is 2.16. The summed E-state index contributed by atoms with van der Waals surface area (Å²) in [6, 6.07) is 8.45. The van der Waals surface area contributed by atoms with Gasteiger partial charge in [0.25, 0.3) is 0 Å². The molecule has 3 nitrogen and oxygen atoms in total. The maximum absolute atomic E-state index is 11.9. The molecule has 0 aliphatic heterocycles. The first-order valence-corrected chi connectivity index (χ1v) is 6.45. The molecular formula is C11H14O3S. The van der Waals surface area contributed by atoms with Gasteiger partial charge in [0.15, 0.2) is 15.6 Å². The third-order valence-electron chi connectivity index (χ3n) is 2.51. The van der Waals surface area contributed by atoms with Gasteiger partial charge in [0.1, 0.15) is 4.75 Å².